The van der Waals surface area contributed by atoms with Crippen LogP contribution in [-0.4, -0.2) is 49.0 Å². The van der Waals surface area contributed by atoms with Crippen LogP contribution in [0.3, 0.4) is 0 Å². The molecule has 2 saturated carbocycles. The van der Waals surface area contributed by atoms with Crippen molar-refractivity contribution in [2.24, 2.45) is 23.7 Å². The van der Waals surface area contributed by atoms with Crippen molar-refractivity contribution >= 4 is 10.8 Å². The monoisotopic (exact) mass is 622 g/mol. The molecule has 2 saturated heterocycles. The van der Waals surface area contributed by atoms with E-state index in [-0.39, 0.29) is 36.8 Å². The summed E-state index contributed by atoms with van der Waals surface area (Å²) in [5, 5.41) is 13.6. The predicted molar refractivity (Wildman–Crippen MR) is 178 cm³/mol. The molecular formula is C39H58O6. The van der Waals surface area contributed by atoms with Gasteiger partial charge in [-0.25, -0.2) is 0 Å². The molecule has 45 heavy (non-hydrogen) atoms. The minimum absolute atomic E-state index is 0.000300. The van der Waals surface area contributed by atoms with E-state index in [1.54, 1.807) is 7.11 Å². The zero-order valence-electron chi connectivity index (χ0n) is 28.2. The molecule has 0 aromatic heterocycles. The van der Waals surface area contributed by atoms with Gasteiger partial charge in [-0.05, 0) is 92.9 Å². The Morgan fingerprint density at radius 3 is 2.33 bits per heavy atom. The van der Waals surface area contributed by atoms with E-state index >= 15 is 0 Å². The molecule has 10 atom stereocenters. The summed E-state index contributed by atoms with van der Waals surface area (Å²) in [5.74, 6) is 4.03. The Bertz CT molecular complexity index is 1210. The lowest BCUT2D eigenvalue weighted by atomic mass is 9.65. The van der Waals surface area contributed by atoms with E-state index in [2.05, 4.69) is 38.1 Å². The maximum atomic E-state index is 11.4. The molecular weight excluding hydrogens is 564 g/mol. The first-order chi connectivity index (χ1) is 21.9. The zero-order valence-corrected chi connectivity index (χ0v) is 28.2. The number of aliphatic hydroxyl groups is 1. The number of ether oxygens (including phenoxy) is 5. The second-order valence-corrected chi connectivity index (χ2v) is 14.9. The fourth-order valence-electron chi connectivity index (χ4n) is 9.38. The van der Waals surface area contributed by atoms with E-state index in [0.29, 0.717) is 12.3 Å². The molecule has 250 valence electrons. The van der Waals surface area contributed by atoms with Crippen LogP contribution in [0.4, 0.5) is 0 Å². The first-order valence-corrected chi connectivity index (χ1v) is 18.2. The van der Waals surface area contributed by atoms with Gasteiger partial charge in [-0.1, -0.05) is 75.8 Å². The van der Waals surface area contributed by atoms with Gasteiger partial charge < -0.3 is 28.8 Å². The summed E-state index contributed by atoms with van der Waals surface area (Å²) in [6.07, 6.45) is 15.3. The molecule has 4 aliphatic rings. The maximum absolute atomic E-state index is 11.4. The maximum Gasteiger partial charge on any atom is 0.188 e. The highest BCUT2D eigenvalue weighted by atomic mass is 16.7. The van der Waals surface area contributed by atoms with Crippen LogP contribution in [0.25, 0.3) is 10.8 Å². The molecule has 2 heterocycles. The Morgan fingerprint density at radius 1 is 0.778 bits per heavy atom. The topological polar surface area (TPSA) is 66.4 Å². The van der Waals surface area contributed by atoms with E-state index in [9.17, 15) is 5.11 Å². The largest absolute Gasteiger partial charge is 0.496 e. The molecule has 0 amide bonds. The normalized spacial score (nSPS) is 35.7. The summed E-state index contributed by atoms with van der Waals surface area (Å²) in [6, 6.07) is 12.4. The molecule has 0 spiro atoms. The Morgan fingerprint density at radius 2 is 1.53 bits per heavy atom. The summed E-state index contributed by atoms with van der Waals surface area (Å²) in [6.45, 7) is 6.48. The fraction of sp³-hybridized carbons (Fsp3) is 0.744. The molecule has 6 rings (SSSR count). The Hall–Kier alpha value is -1.70. The molecule has 6 nitrogen and oxygen atoms in total. The quantitative estimate of drug-likeness (QED) is 0.285. The lowest BCUT2D eigenvalue weighted by Gasteiger charge is -2.41. The molecule has 4 fully saturated rings. The number of rotatable bonds is 10. The SMILES string of the molecule is CCC1CC(CC(O)CC2CC(CC3CC(C)O[C@@H](c4c(OC)ccc5ccccc45)O3)O[C@@H](C)O2)C[C@@H](C2CCCCC2)C1. The predicted octanol–water partition coefficient (Wildman–Crippen LogP) is 9.12. The van der Waals surface area contributed by atoms with Gasteiger partial charge in [0.25, 0.3) is 0 Å². The summed E-state index contributed by atoms with van der Waals surface area (Å²) in [7, 11) is 1.70. The molecule has 0 radical (unpaired) electrons. The third-order valence-corrected chi connectivity index (χ3v) is 11.4. The van der Waals surface area contributed by atoms with Crippen molar-refractivity contribution in [2.75, 3.05) is 7.11 Å². The van der Waals surface area contributed by atoms with Gasteiger partial charge in [0, 0.05) is 12.8 Å². The lowest BCUT2D eigenvalue weighted by Crippen LogP contribution is -2.42. The van der Waals surface area contributed by atoms with Crippen LogP contribution >= 0.6 is 0 Å². The van der Waals surface area contributed by atoms with Gasteiger partial charge in [-0.2, -0.15) is 0 Å². The van der Waals surface area contributed by atoms with E-state index in [4.69, 9.17) is 23.7 Å². The van der Waals surface area contributed by atoms with Crippen molar-refractivity contribution in [3.05, 3.63) is 42.0 Å². The second kappa shape index (κ2) is 15.5. The fourth-order valence-corrected chi connectivity index (χ4v) is 9.38. The van der Waals surface area contributed by atoms with Gasteiger partial charge in [0.1, 0.15) is 5.75 Å². The van der Waals surface area contributed by atoms with E-state index in [1.807, 2.05) is 19.1 Å². The highest BCUT2D eigenvalue weighted by Gasteiger charge is 2.38. The molecule has 2 aliphatic carbocycles. The molecule has 6 heteroatoms. The van der Waals surface area contributed by atoms with Crippen LogP contribution in [0.15, 0.2) is 36.4 Å². The number of fused-ring (bicyclic) bond motifs is 1. The van der Waals surface area contributed by atoms with Gasteiger partial charge in [0.05, 0.1) is 43.2 Å². The Kier molecular flexibility index (Phi) is 11.4. The van der Waals surface area contributed by atoms with Crippen LogP contribution in [0.2, 0.25) is 0 Å². The number of aliphatic hydroxyl groups excluding tert-OH is 1. The number of hydrogen-bond donors (Lipinski definition) is 1. The van der Waals surface area contributed by atoms with Crippen LogP contribution in [-0.2, 0) is 18.9 Å². The third kappa shape index (κ3) is 8.43. The molecule has 2 aliphatic heterocycles. The van der Waals surface area contributed by atoms with Crippen molar-refractivity contribution in [3.8, 4) is 5.75 Å². The van der Waals surface area contributed by atoms with Crippen molar-refractivity contribution in [2.45, 2.75) is 154 Å². The Labute approximate surface area is 271 Å². The van der Waals surface area contributed by atoms with Crippen molar-refractivity contribution in [1.29, 1.82) is 0 Å². The molecule has 2 aromatic rings. The molecule has 1 N–H and O–H groups in total. The van der Waals surface area contributed by atoms with Crippen molar-refractivity contribution in [1.82, 2.24) is 0 Å². The van der Waals surface area contributed by atoms with Crippen LogP contribution in [0.5, 0.6) is 5.75 Å². The number of hydrogen-bond acceptors (Lipinski definition) is 6. The lowest BCUT2D eigenvalue weighted by molar-refractivity contribution is -0.270. The number of benzene rings is 2. The minimum atomic E-state index is -0.505. The van der Waals surface area contributed by atoms with Gasteiger partial charge in [-0.3, -0.25) is 0 Å². The van der Waals surface area contributed by atoms with E-state index in [0.717, 1.165) is 65.5 Å². The summed E-state index contributed by atoms with van der Waals surface area (Å²) in [4.78, 5) is 0. The zero-order chi connectivity index (χ0) is 31.3. The Balaban J connectivity index is 1.05. The van der Waals surface area contributed by atoms with Crippen molar-refractivity contribution in [3.63, 3.8) is 0 Å². The van der Waals surface area contributed by atoms with E-state index < -0.39 is 6.29 Å². The minimum Gasteiger partial charge on any atom is -0.496 e. The van der Waals surface area contributed by atoms with Crippen molar-refractivity contribution < 1.29 is 28.8 Å². The summed E-state index contributed by atoms with van der Waals surface area (Å²) >= 11 is 0. The highest BCUT2D eigenvalue weighted by Crippen LogP contribution is 2.45. The van der Waals surface area contributed by atoms with Gasteiger partial charge in [0.15, 0.2) is 12.6 Å². The standard InChI is InChI=1S/C39H58O6/c1-5-27-18-28(20-31(19-27)29-11-7-6-8-12-29)21-32(40)22-34-24-35(44-26(3)43-34)23-33-17-25(2)42-39(45-33)38-36-14-10-9-13-30(36)15-16-37(38)41-4/h9-10,13-16,25-29,31-35,39-40H,5-8,11-12,17-24H2,1-4H3/t25?,26-,27?,28?,31-,32?,33?,34?,35?,39+/m0/s1. The summed E-state index contributed by atoms with van der Waals surface area (Å²) in [5.41, 5.74) is 0.952. The van der Waals surface area contributed by atoms with Crippen LogP contribution in [0.1, 0.15) is 123 Å². The van der Waals surface area contributed by atoms with Gasteiger partial charge in [-0.15, -0.1) is 0 Å². The van der Waals surface area contributed by atoms with Gasteiger partial charge >= 0.3 is 0 Å². The van der Waals surface area contributed by atoms with Gasteiger partial charge in [0.2, 0.25) is 0 Å². The third-order valence-electron chi connectivity index (χ3n) is 11.4. The number of methoxy groups -OCH3 is 1. The highest BCUT2D eigenvalue weighted by molar-refractivity contribution is 5.88. The first-order valence-electron chi connectivity index (χ1n) is 18.2. The second-order valence-electron chi connectivity index (χ2n) is 14.9. The first kappa shape index (κ1) is 33.2. The average Bonchev–Trinajstić information content (AvgIpc) is 3.03. The van der Waals surface area contributed by atoms with Crippen LogP contribution < -0.4 is 4.74 Å². The smallest absolute Gasteiger partial charge is 0.188 e. The molecule has 0 bridgehead atoms. The summed E-state index contributed by atoms with van der Waals surface area (Å²) < 4.78 is 31.3. The molecule has 2 aromatic carbocycles. The van der Waals surface area contributed by atoms with E-state index in [1.165, 1.54) is 57.8 Å². The average molecular weight is 623 g/mol. The van der Waals surface area contributed by atoms with Crippen LogP contribution in [0, 0.1) is 23.7 Å². The molecule has 7 unspecified atom stereocenters.